The lowest BCUT2D eigenvalue weighted by atomic mass is 9.96. The second kappa shape index (κ2) is 15.8. The molecule has 3 atom stereocenters. The minimum Gasteiger partial charge on any atom is -0.475 e. The molecule has 0 saturated carbocycles. The molecule has 6 N–H and O–H groups in total. The number of halogens is 7. The number of hydrogen-bond acceptors (Lipinski definition) is 6. The molecule has 0 unspecified atom stereocenters. The molecule has 246 valence electrons. The molecule has 0 spiro atoms. The van der Waals surface area contributed by atoms with E-state index in [1.54, 1.807) is 19.1 Å². The van der Waals surface area contributed by atoms with E-state index in [0.29, 0.717) is 22.5 Å². The standard InChI is InChI=1S/C23H26FN5O2.2C2HF3O2/c1-14(22(30)27-13-17-11-18-19(29-17)7-8-25-21(18)24)28-23(31)20-10-16(12-26-20)9-15-5-3-2-4-6-15;2*3-2(4,5)1(6)7/h2-8,11,14,16,20,26,29H,9-10,12-13H2,1H3,(H,27,30)(H,28,31);2*(H,6,7)/t14-,16-,20+;;/m0../s1. The Morgan fingerprint density at radius 2 is 1.58 bits per heavy atom. The summed E-state index contributed by atoms with van der Waals surface area (Å²) in [5.74, 6) is -6.15. The number of carboxylic acid groups (broad SMARTS) is 2. The fourth-order valence-corrected chi connectivity index (χ4v) is 4.00. The van der Waals surface area contributed by atoms with E-state index < -0.39 is 36.3 Å². The van der Waals surface area contributed by atoms with Gasteiger partial charge in [0, 0.05) is 11.9 Å². The SMILES string of the molecule is C[C@H](NC(=O)[C@H]1C[C@H](Cc2ccccc2)CN1)C(=O)NCc1cc2c(F)nccc2[nH]1.O=C(O)C(F)(F)F.O=C(O)C(F)(F)F. The first-order chi connectivity index (χ1) is 20.9. The minimum absolute atomic E-state index is 0.169. The van der Waals surface area contributed by atoms with Gasteiger partial charge in [-0.3, -0.25) is 9.59 Å². The summed E-state index contributed by atoms with van der Waals surface area (Å²) in [6.07, 6.45) is -7.12. The van der Waals surface area contributed by atoms with Gasteiger partial charge in [-0.2, -0.15) is 30.7 Å². The van der Waals surface area contributed by atoms with Crippen molar-refractivity contribution in [3.63, 3.8) is 0 Å². The van der Waals surface area contributed by atoms with Crippen molar-refractivity contribution in [1.29, 1.82) is 0 Å². The first-order valence-corrected chi connectivity index (χ1v) is 13.0. The van der Waals surface area contributed by atoms with E-state index in [1.807, 2.05) is 18.2 Å². The quantitative estimate of drug-likeness (QED) is 0.167. The van der Waals surface area contributed by atoms with Crippen LogP contribution >= 0.6 is 0 Å². The number of rotatable bonds is 7. The van der Waals surface area contributed by atoms with Crippen LogP contribution in [0.1, 0.15) is 24.6 Å². The number of alkyl halides is 6. The summed E-state index contributed by atoms with van der Waals surface area (Å²) in [6, 6.07) is 12.5. The van der Waals surface area contributed by atoms with Crippen molar-refractivity contribution in [1.82, 2.24) is 25.9 Å². The molecule has 1 aliphatic heterocycles. The number of amides is 2. The lowest BCUT2D eigenvalue weighted by Gasteiger charge is -2.17. The fraction of sp³-hybridized carbons (Fsp3) is 0.370. The molecule has 0 radical (unpaired) electrons. The van der Waals surface area contributed by atoms with Crippen LogP contribution in [0.3, 0.4) is 0 Å². The maximum absolute atomic E-state index is 13.7. The molecule has 3 heterocycles. The van der Waals surface area contributed by atoms with E-state index in [-0.39, 0.29) is 24.4 Å². The number of aromatic nitrogens is 2. The number of H-pyrrole nitrogens is 1. The van der Waals surface area contributed by atoms with E-state index in [1.165, 1.54) is 11.8 Å². The van der Waals surface area contributed by atoms with Gasteiger partial charge in [0.05, 0.1) is 23.5 Å². The average Bonchev–Trinajstić information content (AvgIpc) is 3.60. The summed E-state index contributed by atoms with van der Waals surface area (Å²) in [7, 11) is 0. The van der Waals surface area contributed by atoms with Crippen LogP contribution in [-0.4, -0.2) is 74.9 Å². The van der Waals surface area contributed by atoms with Crippen LogP contribution in [0.25, 0.3) is 10.9 Å². The summed E-state index contributed by atoms with van der Waals surface area (Å²) in [4.78, 5) is 49.4. The Bertz CT molecular complexity index is 1440. The molecule has 11 nitrogen and oxygen atoms in total. The van der Waals surface area contributed by atoms with E-state index in [4.69, 9.17) is 19.8 Å². The highest BCUT2D eigenvalue weighted by atomic mass is 19.4. The second-order valence-corrected chi connectivity index (χ2v) is 9.66. The Morgan fingerprint density at radius 3 is 2.11 bits per heavy atom. The number of carbonyl (C=O) groups excluding carboxylic acids is 2. The topological polar surface area (TPSA) is 174 Å². The van der Waals surface area contributed by atoms with Gasteiger partial charge in [0.15, 0.2) is 0 Å². The maximum atomic E-state index is 13.7. The molecule has 1 aromatic carbocycles. The highest BCUT2D eigenvalue weighted by Gasteiger charge is 2.39. The predicted octanol–water partition coefficient (Wildman–Crippen LogP) is 3.31. The summed E-state index contributed by atoms with van der Waals surface area (Å²) < 4.78 is 77.2. The molecular weight excluding hydrogens is 623 g/mol. The van der Waals surface area contributed by atoms with Gasteiger partial charge in [-0.25, -0.2) is 14.6 Å². The molecule has 1 fully saturated rings. The number of carbonyl (C=O) groups is 4. The number of benzene rings is 1. The molecule has 45 heavy (non-hydrogen) atoms. The van der Waals surface area contributed by atoms with Crippen LogP contribution in [0.2, 0.25) is 0 Å². The Labute approximate surface area is 250 Å². The second-order valence-electron chi connectivity index (χ2n) is 9.66. The third kappa shape index (κ3) is 12.0. The number of nitrogens with one attached hydrogen (secondary N) is 4. The van der Waals surface area contributed by atoms with Gasteiger partial charge in [-0.05, 0) is 49.9 Å². The van der Waals surface area contributed by atoms with Crippen molar-refractivity contribution < 1.29 is 60.1 Å². The molecule has 3 aromatic rings. The molecule has 18 heteroatoms. The largest absolute Gasteiger partial charge is 0.490 e. The van der Waals surface area contributed by atoms with Crippen molar-refractivity contribution in [3.05, 3.63) is 65.9 Å². The highest BCUT2D eigenvalue weighted by molar-refractivity contribution is 5.89. The van der Waals surface area contributed by atoms with Crippen molar-refractivity contribution >= 4 is 34.7 Å². The Kier molecular flexibility index (Phi) is 12.8. The van der Waals surface area contributed by atoms with E-state index >= 15 is 0 Å². The summed E-state index contributed by atoms with van der Waals surface area (Å²) in [5, 5.41) is 23.4. The van der Waals surface area contributed by atoms with Crippen molar-refractivity contribution in [2.45, 2.75) is 50.7 Å². The number of fused-ring (bicyclic) bond motifs is 1. The van der Waals surface area contributed by atoms with Crippen LogP contribution in [0.5, 0.6) is 0 Å². The molecule has 1 aliphatic rings. The first kappa shape index (κ1) is 36.5. The van der Waals surface area contributed by atoms with Crippen molar-refractivity contribution in [2.75, 3.05) is 6.54 Å². The molecular formula is C27H28F7N5O6. The predicted molar refractivity (Wildman–Crippen MR) is 143 cm³/mol. The molecule has 1 saturated heterocycles. The zero-order valence-corrected chi connectivity index (χ0v) is 23.3. The molecule has 4 rings (SSSR count). The number of aromatic amines is 1. The monoisotopic (exact) mass is 651 g/mol. The smallest absolute Gasteiger partial charge is 0.475 e. The first-order valence-electron chi connectivity index (χ1n) is 13.0. The molecule has 0 aliphatic carbocycles. The van der Waals surface area contributed by atoms with E-state index in [2.05, 4.69) is 38.1 Å². The van der Waals surface area contributed by atoms with Gasteiger partial charge in [-0.1, -0.05) is 30.3 Å². The Morgan fingerprint density at radius 1 is 1.00 bits per heavy atom. The number of aliphatic carboxylic acids is 2. The number of hydrogen-bond donors (Lipinski definition) is 6. The minimum atomic E-state index is -5.08. The molecule has 2 aromatic heterocycles. The lowest BCUT2D eigenvalue weighted by Crippen LogP contribution is -2.49. The summed E-state index contributed by atoms with van der Waals surface area (Å²) in [6.45, 7) is 2.63. The van der Waals surface area contributed by atoms with Gasteiger partial charge in [0.1, 0.15) is 6.04 Å². The third-order valence-electron chi connectivity index (χ3n) is 6.15. The summed E-state index contributed by atoms with van der Waals surface area (Å²) >= 11 is 0. The highest BCUT2D eigenvalue weighted by Crippen LogP contribution is 2.20. The van der Waals surface area contributed by atoms with Gasteiger partial charge >= 0.3 is 24.3 Å². The molecule has 0 bridgehead atoms. The van der Waals surface area contributed by atoms with Gasteiger partial charge < -0.3 is 31.1 Å². The van der Waals surface area contributed by atoms with Crippen LogP contribution in [0.4, 0.5) is 30.7 Å². The van der Waals surface area contributed by atoms with Crippen molar-refractivity contribution in [2.24, 2.45) is 5.92 Å². The zero-order chi connectivity index (χ0) is 33.9. The fourth-order valence-electron chi connectivity index (χ4n) is 4.00. The number of nitrogens with zero attached hydrogens (tertiary/aromatic N) is 1. The van der Waals surface area contributed by atoms with E-state index in [0.717, 1.165) is 19.4 Å². The van der Waals surface area contributed by atoms with Gasteiger partial charge in [0.25, 0.3) is 0 Å². The van der Waals surface area contributed by atoms with Gasteiger partial charge in [-0.15, -0.1) is 0 Å². The Balaban J connectivity index is 0.000000421. The Hall–Kier alpha value is -4.74. The van der Waals surface area contributed by atoms with Gasteiger partial charge in [0.2, 0.25) is 17.8 Å². The molecule has 2 amide bonds. The normalized spacial score (nSPS) is 16.8. The van der Waals surface area contributed by atoms with Crippen LogP contribution in [0, 0.1) is 11.9 Å². The van der Waals surface area contributed by atoms with Crippen molar-refractivity contribution in [3.8, 4) is 0 Å². The average molecular weight is 652 g/mol. The lowest BCUT2D eigenvalue weighted by molar-refractivity contribution is -0.193. The maximum Gasteiger partial charge on any atom is 0.490 e. The van der Waals surface area contributed by atoms with Crippen LogP contribution < -0.4 is 16.0 Å². The number of carboxylic acids is 2. The number of pyridine rings is 1. The summed E-state index contributed by atoms with van der Waals surface area (Å²) in [5.41, 5.74) is 2.54. The van der Waals surface area contributed by atoms with E-state index in [9.17, 15) is 40.3 Å². The third-order valence-corrected chi connectivity index (χ3v) is 6.15. The van der Waals surface area contributed by atoms with Crippen LogP contribution in [-0.2, 0) is 32.1 Å². The zero-order valence-electron chi connectivity index (χ0n) is 23.3. The van der Waals surface area contributed by atoms with Crippen LogP contribution in [0.15, 0.2) is 48.7 Å².